The Kier molecular flexibility index (Phi) is 5.45. The molecule has 136 valence electrons. The van der Waals surface area contributed by atoms with E-state index >= 15 is 0 Å². The molecule has 3 saturated heterocycles. The Morgan fingerprint density at radius 2 is 1.75 bits per heavy atom. The van der Waals surface area contributed by atoms with Gasteiger partial charge in [0.05, 0.1) is 6.54 Å². The van der Waals surface area contributed by atoms with Crippen molar-refractivity contribution in [3.63, 3.8) is 0 Å². The molecular formula is C18H32N4O2. The summed E-state index contributed by atoms with van der Waals surface area (Å²) in [4.78, 5) is 33.3. The number of piperidine rings is 1. The molecule has 0 aromatic heterocycles. The van der Waals surface area contributed by atoms with E-state index in [-0.39, 0.29) is 17.4 Å². The number of likely N-dealkylation sites (N-methyl/N-ethyl adjacent to an activating group) is 1. The number of hydrogen-bond donors (Lipinski definition) is 0. The molecule has 3 fully saturated rings. The van der Waals surface area contributed by atoms with Gasteiger partial charge in [-0.3, -0.25) is 19.4 Å². The summed E-state index contributed by atoms with van der Waals surface area (Å²) in [5, 5.41) is 0. The van der Waals surface area contributed by atoms with Gasteiger partial charge in [-0.1, -0.05) is 0 Å². The molecule has 6 nitrogen and oxygen atoms in total. The second-order valence-electron chi connectivity index (χ2n) is 7.86. The Hall–Kier alpha value is -1.14. The smallest absolute Gasteiger partial charge is 0.236 e. The summed E-state index contributed by atoms with van der Waals surface area (Å²) in [5.41, 5.74) is 0.0425. The molecule has 1 spiro atoms. The van der Waals surface area contributed by atoms with Crippen molar-refractivity contribution >= 4 is 11.8 Å². The average molecular weight is 336 g/mol. The summed E-state index contributed by atoms with van der Waals surface area (Å²) in [6, 6.07) is 0. The summed E-state index contributed by atoms with van der Waals surface area (Å²) >= 11 is 0. The minimum atomic E-state index is 0.0425. The first-order valence-electron chi connectivity index (χ1n) is 9.45. The third-order valence-corrected chi connectivity index (χ3v) is 6.29. The van der Waals surface area contributed by atoms with Crippen LogP contribution in [-0.2, 0) is 9.59 Å². The summed E-state index contributed by atoms with van der Waals surface area (Å²) in [6.07, 6.45) is 6.07. The van der Waals surface area contributed by atoms with Crippen LogP contribution in [0.1, 0.15) is 38.5 Å². The lowest BCUT2D eigenvalue weighted by atomic mass is 9.86. The average Bonchev–Trinajstić information content (AvgIpc) is 2.74. The fourth-order valence-corrected chi connectivity index (χ4v) is 4.41. The molecule has 2 amide bonds. The lowest BCUT2D eigenvalue weighted by Gasteiger charge is -2.49. The number of hydrogen-bond acceptors (Lipinski definition) is 4. The molecule has 1 unspecified atom stereocenters. The van der Waals surface area contributed by atoms with Crippen LogP contribution in [0.5, 0.6) is 0 Å². The van der Waals surface area contributed by atoms with Crippen molar-refractivity contribution in [2.75, 3.05) is 59.9 Å². The van der Waals surface area contributed by atoms with E-state index in [4.69, 9.17) is 0 Å². The van der Waals surface area contributed by atoms with Gasteiger partial charge in [-0.05, 0) is 39.2 Å². The SMILES string of the molecule is CN1CCC2(CCC1=O)CN(CC(=O)N1CCCCC1)CCN2C. The van der Waals surface area contributed by atoms with E-state index in [2.05, 4.69) is 16.8 Å². The Balaban J connectivity index is 1.62. The molecule has 6 heteroatoms. The zero-order valence-electron chi connectivity index (χ0n) is 15.3. The third kappa shape index (κ3) is 3.75. The van der Waals surface area contributed by atoms with Gasteiger partial charge in [0.25, 0.3) is 0 Å². The predicted octanol–water partition coefficient (Wildman–Crippen LogP) is 0.627. The molecule has 24 heavy (non-hydrogen) atoms. The molecule has 0 saturated carbocycles. The molecule has 1 atom stereocenters. The largest absolute Gasteiger partial charge is 0.346 e. The van der Waals surface area contributed by atoms with E-state index < -0.39 is 0 Å². The predicted molar refractivity (Wildman–Crippen MR) is 93.7 cm³/mol. The Bertz CT molecular complexity index is 478. The van der Waals surface area contributed by atoms with E-state index in [1.807, 2.05) is 16.8 Å². The number of piperazine rings is 1. The fourth-order valence-electron chi connectivity index (χ4n) is 4.41. The first-order chi connectivity index (χ1) is 11.5. The van der Waals surface area contributed by atoms with Crippen LogP contribution >= 0.6 is 0 Å². The maximum absolute atomic E-state index is 12.6. The van der Waals surface area contributed by atoms with Crippen LogP contribution in [0.3, 0.4) is 0 Å². The first-order valence-corrected chi connectivity index (χ1v) is 9.45. The molecule has 3 rings (SSSR count). The topological polar surface area (TPSA) is 47.1 Å². The highest BCUT2D eigenvalue weighted by Crippen LogP contribution is 2.31. The van der Waals surface area contributed by atoms with Gasteiger partial charge in [0.2, 0.25) is 11.8 Å². The van der Waals surface area contributed by atoms with Crippen molar-refractivity contribution in [3.8, 4) is 0 Å². The van der Waals surface area contributed by atoms with E-state index in [1.165, 1.54) is 6.42 Å². The van der Waals surface area contributed by atoms with E-state index in [9.17, 15) is 9.59 Å². The summed E-state index contributed by atoms with van der Waals surface area (Å²) < 4.78 is 0. The number of carbonyl (C=O) groups is 2. The fraction of sp³-hybridized carbons (Fsp3) is 0.889. The molecule has 3 heterocycles. The van der Waals surface area contributed by atoms with Crippen LogP contribution in [0.25, 0.3) is 0 Å². The lowest BCUT2D eigenvalue weighted by molar-refractivity contribution is -0.135. The Morgan fingerprint density at radius 3 is 2.50 bits per heavy atom. The standard InChI is InChI=1S/C18H32N4O2/c1-19-11-8-18(7-6-16(19)23)15-21(13-12-20(18)2)14-17(24)22-9-4-3-5-10-22/h3-15H2,1-2H3. The quantitative estimate of drug-likeness (QED) is 0.742. The van der Waals surface area contributed by atoms with Crippen molar-refractivity contribution in [1.29, 1.82) is 0 Å². The summed E-state index contributed by atoms with van der Waals surface area (Å²) in [7, 11) is 4.08. The van der Waals surface area contributed by atoms with E-state index in [0.717, 1.165) is 65.0 Å². The molecule has 3 aliphatic heterocycles. The molecular weight excluding hydrogens is 304 g/mol. The number of likely N-dealkylation sites (tertiary alicyclic amines) is 2. The van der Waals surface area contributed by atoms with Crippen molar-refractivity contribution in [1.82, 2.24) is 19.6 Å². The van der Waals surface area contributed by atoms with Gasteiger partial charge >= 0.3 is 0 Å². The van der Waals surface area contributed by atoms with E-state index in [1.54, 1.807) is 0 Å². The number of rotatable bonds is 2. The van der Waals surface area contributed by atoms with Gasteiger partial charge in [0.1, 0.15) is 0 Å². The zero-order valence-corrected chi connectivity index (χ0v) is 15.3. The zero-order chi connectivity index (χ0) is 17.2. The van der Waals surface area contributed by atoms with Gasteiger partial charge in [-0.2, -0.15) is 0 Å². The highest BCUT2D eigenvalue weighted by molar-refractivity contribution is 5.78. The van der Waals surface area contributed by atoms with Crippen LogP contribution in [0.4, 0.5) is 0 Å². The second-order valence-corrected chi connectivity index (χ2v) is 7.86. The van der Waals surface area contributed by atoms with Crippen LogP contribution in [0, 0.1) is 0 Å². The number of amides is 2. The lowest BCUT2D eigenvalue weighted by Crippen LogP contribution is -2.62. The van der Waals surface area contributed by atoms with Crippen molar-refractivity contribution < 1.29 is 9.59 Å². The normalized spacial score (nSPS) is 30.7. The molecule has 0 aliphatic carbocycles. The van der Waals surface area contributed by atoms with Crippen molar-refractivity contribution in [3.05, 3.63) is 0 Å². The minimum absolute atomic E-state index is 0.0425. The van der Waals surface area contributed by atoms with Crippen molar-refractivity contribution in [2.45, 2.75) is 44.1 Å². The molecule has 0 N–H and O–H groups in total. The summed E-state index contributed by atoms with van der Waals surface area (Å²) in [6.45, 7) is 6.04. The Labute approximate surface area is 145 Å². The van der Waals surface area contributed by atoms with Gasteiger partial charge in [-0.15, -0.1) is 0 Å². The maximum atomic E-state index is 12.6. The molecule has 0 aromatic rings. The Morgan fingerprint density at radius 1 is 1.00 bits per heavy atom. The van der Waals surface area contributed by atoms with Crippen LogP contribution in [0.15, 0.2) is 0 Å². The van der Waals surface area contributed by atoms with Crippen LogP contribution in [-0.4, -0.2) is 96.9 Å². The number of nitrogens with zero attached hydrogens (tertiary/aromatic N) is 4. The summed E-state index contributed by atoms with van der Waals surface area (Å²) in [5.74, 6) is 0.540. The molecule has 0 aromatic carbocycles. The highest BCUT2D eigenvalue weighted by Gasteiger charge is 2.42. The monoisotopic (exact) mass is 336 g/mol. The van der Waals surface area contributed by atoms with Crippen LogP contribution < -0.4 is 0 Å². The minimum Gasteiger partial charge on any atom is -0.346 e. The molecule has 0 bridgehead atoms. The second kappa shape index (κ2) is 7.40. The first kappa shape index (κ1) is 17.7. The van der Waals surface area contributed by atoms with Crippen LogP contribution in [0.2, 0.25) is 0 Å². The van der Waals surface area contributed by atoms with E-state index in [0.29, 0.717) is 13.0 Å². The molecule has 3 aliphatic rings. The maximum Gasteiger partial charge on any atom is 0.236 e. The third-order valence-electron chi connectivity index (χ3n) is 6.29. The van der Waals surface area contributed by atoms with Gasteiger partial charge in [0.15, 0.2) is 0 Å². The van der Waals surface area contributed by atoms with Crippen molar-refractivity contribution in [2.24, 2.45) is 0 Å². The van der Waals surface area contributed by atoms with Gasteiger partial charge in [-0.25, -0.2) is 0 Å². The highest BCUT2D eigenvalue weighted by atomic mass is 16.2. The molecule has 0 radical (unpaired) electrons. The van der Waals surface area contributed by atoms with Gasteiger partial charge in [0, 0.05) is 58.3 Å². The number of carbonyl (C=O) groups excluding carboxylic acids is 2. The van der Waals surface area contributed by atoms with Gasteiger partial charge < -0.3 is 9.80 Å².